The van der Waals surface area contributed by atoms with Gasteiger partial charge in [0.1, 0.15) is 30.7 Å². The largest absolute Gasteiger partial charge is 0.491 e. The third kappa shape index (κ3) is 8.92. The molecule has 1 rings (SSSR count). The molecule has 0 heterocycles. The highest BCUT2D eigenvalue weighted by molar-refractivity contribution is 5.81. The number of carbonyl (C=O) groups is 2. The Morgan fingerprint density at radius 1 is 1.16 bits per heavy atom. The van der Waals surface area contributed by atoms with Crippen molar-refractivity contribution < 1.29 is 23.8 Å². The fourth-order valence-corrected chi connectivity index (χ4v) is 1.73. The van der Waals surface area contributed by atoms with E-state index >= 15 is 0 Å². The molecule has 0 spiro atoms. The Morgan fingerprint density at radius 2 is 1.80 bits per heavy atom. The lowest BCUT2D eigenvalue weighted by atomic mass is 10.2. The predicted octanol–water partition coefficient (Wildman–Crippen LogP) is 1.14. The summed E-state index contributed by atoms with van der Waals surface area (Å²) >= 11 is 0. The molecule has 0 fully saturated rings. The highest BCUT2D eigenvalue weighted by atomic mass is 16.6. The molecule has 0 aliphatic rings. The molecule has 0 saturated carbocycles. The van der Waals surface area contributed by atoms with E-state index in [0.29, 0.717) is 12.3 Å². The van der Waals surface area contributed by atoms with Crippen LogP contribution in [0.1, 0.15) is 26.3 Å². The van der Waals surface area contributed by atoms with Crippen molar-refractivity contribution in [1.82, 2.24) is 10.6 Å². The number of methoxy groups -OCH3 is 1. The van der Waals surface area contributed by atoms with E-state index < -0.39 is 17.7 Å². The molecular formula is C17H27N3O5. The molecule has 2 amide bonds. The molecule has 0 unspecified atom stereocenters. The summed E-state index contributed by atoms with van der Waals surface area (Å²) in [6, 6.07) is 6.31. The smallest absolute Gasteiger partial charge is 0.407 e. The van der Waals surface area contributed by atoms with E-state index in [4.69, 9.17) is 19.9 Å². The molecule has 8 heteroatoms. The number of carbonyl (C=O) groups excluding carboxylic acids is 2. The Balaban J connectivity index is 2.38. The number of amides is 2. The van der Waals surface area contributed by atoms with Crippen molar-refractivity contribution in [2.45, 2.75) is 39.0 Å². The number of benzene rings is 1. The Labute approximate surface area is 148 Å². The molecule has 0 aromatic heterocycles. The van der Waals surface area contributed by atoms with E-state index in [9.17, 15) is 9.59 Å². The van der Waals surface area contributed by atoms with E-state index in [1.54, 1.807) is 32.9 Å². The molecule has 4 N–H and O–H groups in total. The lowest BCUT2D eigenvalue weighted by molar-refractivity contribution is -0.124. The van der Waals surface area contributed by atoms with Crippen molar-refractivity contribution in [3.8, 4) is 5.75 Å². The van der Waals surface area contributed by atoms with Gasteiger partial charge in [-0.2, -0.15) is 0 Å². The Bertz CT molecular complexity index is 554. The topological polar surface area (TPSA) is 112 Å². The number of nitrogens with one attached hydrogen (secondary N) is 2. The molecule has 0 aliphatic heterocycles. The maximum absolute atomic E-state index is 11.6. The van der Waals surface area contributed by atoms with Gasteiger partial charge in [0.15, 0.2) is 0 Å². The van der Waals surface area contributed by atoms with Crippen LogP contribution in [-0.2, 0) is 20.8 Å². The average molecular weight is 353 g/mol. The van der Waals surface area contributed by atoms with Crippen molar-refractivity contribution in [1.29, 1.82) is 0 Å². The van der Waals surface area contributed by atoms with E-state index in [-0.39, 0.29) is 19.2 Å². The summed E-state index contributed by atoms with van der Waals surface area (Å²) in [5.74, 6) is 0.232. The number of hydrogen-bond donors (Lipinski definition) is 3. The van der Waals surface area contributed by atoms with Crippen LogP contribution in [0.15, 0.2) is 24.3 Å². The number of rotatable bonds is 8. The maximum Gasteiger partial charge on any atom is 0.407 e. The summed E-state index contributed by atoms with van der Waals surface area (Å²) in [4.78, 5) is 23.2. The van der Waals surface area contributed by atoms with Crippen LogP contribution in [0.25, 0.3) is 0 Å². The van der Waals surface area contributed by atoms with Gasteiger partial charge >= 0.3 is 6.09 Å². The summed E-state index contributed by atoms with van der Waals surface area (Å²) in [5.41, 5.74) is 6.07. The SMILES string of the molecule is COCNC(=O)[C@@H](N)COc1ccc(CNC(=O)OC(C)(C)C)cc1. The first-order valence-corrected chi connectivity index (χ1v) is 7.92. The van der Waals surface area contributed by atoms with Gasteiger partial charge in [-0.15, -0.1) is 0 Å². The molecule has 1 atom stereocenters. The third-order valence-corrected chi connectivity index (χ3v) is 2.92. The van der Waals surface area contributed by atoms with Crippen LogP contribution in [0.5, 0.6) is 5.75 Å². The van der Waals surface area contributed by atoms with E-state index in [1.165, 1.54) is 7.11 Å². The van der Waals surface area contributed by atoms with Gasteiger partial charge in [-0.25, -0.2) is 4.79 Å². The standard InChI is InChI=1S/C17H27N3O5/c1-17(2,3)25-16(22)19-9-12-5-7-13(8-6-12)24-10-14(18)15(21)20-11-23-4/h5-8,14H,9-11,18H2,1-4H3,(H,19,22)(H,20,21)/t14-/m0/s1. The molecule has 1 aromatic rings. The summed E-state index contributed by atoms with van der Waals surface area (Å²) in [6.45, 7) is 5.90. The molecular weight excluding hydrogens is 326 g/mol. The van der Waals surface area contributed by atoms with Gasteiger partial charge in [0, 0.05) is 13.7 Å². The quantitative estimate of drug-likeness (QED) is 0.604. The van der Waals surface area contributed by atoms with Gasteiger partial charge < -0.3 is 30.6 Å². The maximum atomic E-state index is 11.6. The van der Waals surface area contributed by atoms with Gasteiger partial charge in [-0.3, -0.25) is 4.79 Å². The van der Waals surface area contributed by atoms with Crippen LogP contribution in [-0.4, -0.2) is 44.1 Å². The number of nitrogens with two attached hydrogens (primary N) is 1. The fourth-order valence-electron chi connectivity index (χ4n) is 1.73. The van der Waals surface area contributed by atoms with Crippen LogP contribution in [0.3, 0.4) is 0 Å². The van der Waals surface area contributed by atoms with Gasteiger partial charge in [0.05, 0.1) is 0 Å². The van der Waals surface area contributed by atoms with Crippen LogP contribution in [0.4, 0.5) is 4.79 Å². The highest BCUT2D eigenvalue weighted by Gasteiger charge is 2.16. The molecule has 0 bridgehead atoms. The molecule has 8 nitrogen and oxygen atoms in total. The minimum absolute atomic E-state index is 0.0467. The van der Waals surface area contributed by atoms with E-state index in [1.807, 2.05) is 12.1 Å². The third-order valence-electron chi connectivity index (χ3n) is 2.92. The molecule has 140 valence electrons. The highest BCUT2D eigenvalue weighted by Crippen LogP contribution is 2.13. The first-order chi connectivity index (χ1) is 11.7. The monoisotopic (exact) mass is 353 g/mol. The first kappa shape index (κ1) is 20.7. The number of hydrogen-bond acceptors (Lipinski definition) is 6. The minimum Gasteiger partial charge on any atom is -0.491 e. The normalized spacial score (nSPS) is 12.2. The first-order valence-electron chi connectivity index (χ1n) is 7.92. The van der Waals surface area contributed by atoms with Crippen molar-refractivity contribution in [3.05, 3.63) is 29.8 Å². The summed E-state index contributed by atoms with van der Waals surface area (Å²) in [5, 5.41) is 5.18. The van der Waals surface area contributed by atoms with Crippen LogP contribution >= 0.6 is 0 Å². The zero-order valence-electron chi connectivity index (χ0n) is 15.1. The Morgan fingerprint density at radius 3 is 2.36 bits per heavy atom. The van der Waals surface area contributed by atoms with Crippen molar-refractivity contribution in [2.24, 2.45) is 5.73 Å². The second-order valence-electron chi connectivity index (χ2n) is 6.39. The molecule has 0 saturated heterocycles. The zero-order valence-corrected chi connectivity index (χ0v) is 15.1. The summed E-state index contributed by atoms with van der Waals surface area (Å²) in [7, 11) is 1.47. The Hall–Kier alpha value is -2.32. The van der Waals surface area contributed by atoms with Crippen LogP contribution in [0, 0.1) is 0 Å². The molecule has 25 heavy (non-hydrogen) atoms. The van der Waals surface area contributed by atoms with Crippen molar-refractivity contribution in [2.75, 3.05) is 20.4 Å². The van der Waals surface area contributed by atoms with E-state index in [0.717, 1.165) is 5.56 Å². The Kier molecular flexibility index (Phi) is 8.17. The van der Waals surface area contributed by atoms with Gasteiger partial charge in [-0.1, -0.05) is 12.1 Å². The van der Waals surface area contributed by atoms with Gasteiger partial charge in [-0.05, 0) is 38.5 Å². The minimum atomic E-state index is -0.788. The van der Waals surface area contributed by atoms with Gasteiger partial charge in [0.25, 0.3) is 0 Å². The summed E-state index contributed by atoms with van der Waals surface area (Å²) in [6.07, 6.45) is -0.471. The second kappa shape index (κ2) is 9.85. The number of ether oxygens (including phenoxy) is 3. The fraction of sp³-hybridized carbons (Fsp3) is 0.529. The molecule has 0 radical (unpaired) electrons. The molecule has 1 aromatic carbocycles. The number of alkyl carbamates (subject to hydrolysis) is 1. The molecule has 0 aliphatic carbocycles. The predicted molar refractivity (Wildman–Crippen MR) is 93.0 cm³/mol. The zero-order chi connectivity index (χ0) is 18.9. The van der Waals surface area contributed by atoms with Gasteiger partial charge in [0.2, 0.25) is 5.91 Å². The van der Waals surface area contributed by atoms with Crippen molar-refractivity contribution in [3.63, 3.8) is 0 Å². The lowest BCUT2D eigenvalue weighted by Crippen LogP contribution is -2.44. The lowest BCUT2D eigenvalue weighted by Gasteiger charge is -2.19. The van der Waals surface area contributed by atoms with Crippen molar-refractivity contribution >= 4 is 12.0 Å². The average Bonchev–Trinajstić information content (AvgIpc) is 2.55. The second-order valence-corrected chi connectivity index (χ2v) is 6.39. The van der Waals surface area contributed by atoms with E-state index in [2.05, 4.69) is 10.6 Å². The van der Waals surface area contributed by atoms with Crippen LogP contribution in [0.2, 0.25) is 0 Å². The summed E-state index contributed by atoms with van der Waals surface area (Å²) < 4.78 is 15.4. The van der Waals surface area contributed by atoms with Crippen LogP contribution < -0.4 is 21.1 Å².